The maximum Gasteiger partial charge on any atom is 0.222 e. The molecule has 1 aliphatic rings. The second kappa shape index (κ2) is 6.89. The van der Waals surface area contributed by atoms with Crippen molar-refractivity contribution in [3.8, 4) is 0 Å². The van der Waals surface area contributed by atoms with E-state index in [2.05, 4.69) is 24.1 Å². The molecule has 0 radical (unpaired) electrons. The summed E-state index contributed by atoms with van der Waals surface area (Å²) in [5.41, 5.74) is 0. The summed E-state index contributed by atoms with van der Waals surface area (Å²) in [4.78, 5) is 13.9. The average Bonchev–Trinajstić information content (AvgIpc) is 2.43. The molecule has 3 heteroatoms. The Morgan fingerprint density at radius 1 is 1.50 bits per heavy atom. The zero-order chi connectivity index (χ0) is 12.0. The van der Waals surface area contributed by atoms with Crippen LogP contribution < -0.4 is 5.32 Å². The van der Waals surface area contributed by atoms with Crippen molar-refractivity contribution in [3.63, 3.8) is 0 Å². The normalized spacial score (nSPS) is 24.3. The predicted molar refractivity (Wildman–Crippen MR) is 67.4 cm³/mol. The van der Waals surface area contributed by atoms with Crippen LogP contribution in [0.2, 0.25) is 0 Å². The molecule has 1 fully saturated rings. The highest BCUT2D eigenvalue weighted by Gasteiger charge is 2.19. The summed E-state index contributed by atoms with van der Waals surface area (Å²) in [5.74, 6) is 1.08. The molecule has 1 heterocycles. The van der Waals surface area contributed by atoms with E-state index in [1.807, 2.05) is 7.05 Å². The Labute approximate surface area is 99.6 Å². The topological polar surface area (TPSA) is 32.3 Å². The molecule has 0 aromatic carbocycles. The molecule has 0 saturated carbocycles. The number of amides is 1. The van der Waals surface area contributed by atoms with Crippen molar-refractivity contribution < 1.29 is 4.79 Å². The van der Waals surface area contributed by atoms with Crippen LogP contribution >= 0.6 is 0 Å². The van der Waals surface area contributed by atoms with Gasteiger partial charge in [0.2, 0.25) is 5.91 Å². The Hall–Kier alpha value is -0.570. The predicted octanol–water partition coefficient (Wildman–Crippen LogP) is 2.02. The Bertz CT molecular complexity index is 218. The number of nitrogens with zero attached hydrogens (tertiary/aromatic N) is 1. The summed E-state index contributed by atoms with van der Waals surface area (Å²) < 4.78 is 0. The van der Waals surface area contributed by atoms with Gasteiger partial charge in [0.05, 0.1) is 0 Å². The molecule has 0 bridgehead atoms. The number of hydrogen-bond acceptors (Lipinski definition) is 2. The first-order valence-corrected chi connectivity index (χ1v) is 6.58. The van der Waals surface area contributed by atoms with Gasteiger partial charge < -0.3 is 10.2 Å². The van der Waals surface area contributed by atoms with Crippen molar-refractivity contribution in [1.82, 2.24) is 10.2 Å². The van der Waals surface area contributed by atoms with Crippen molar-refractivity contribution in [1.29, 1.82) is 0 Å². The van der Waals surface area contributed by atoms with Gasteiger partial charge in [-0.1, -0.05) is 6.92 Å². The standard InChI is InChI=1S/C13H26N2O/c1-11-6-7-13(16)15(10-8-11)9-4-5-12(2)14-3/h11-12,14H,4-10H2,1-3H3. The highest BCUT2D eigenvalue weighted by atomic mass is 16.2. The first kappa shape index (κ1) is 13.5. The van der Waals surface area contributed by atoms with Crippen LogP contribution in [0.4, 0.5) is 0 Å². The number of rotatable bonds is 5. The van der Waals surface area contributed by atoms with E-state index >= 15 is 0 Å². The quantitative estimate of drug-likeness (QED) is 0.778. The molecule has 1 N–H and O–H groups in total. The Balaban J connectivity index is 2.26. The van der Waals surface area contributed by atoms with Gasteiger partial charge in [-0.25, -0.2) is 0 Å². The minimum atomic E-state index is 0.362. The Morgan fingerprint density at radius 3 is 2.94 bits per heavy atom. The second-order valence-electron chi connectivity index (χ2n) is 5.15. The average molecular weight is 226 g/mol. The van der Waals surface area contributed by atoms with E-state index in [9.17, 15) is 4.79 Å². The van der Waals surface area contributed by atoms with Crippen molar-refractivity contribution in [2.75, 3.05) is 20.1 Å². The maximum atomic E-state index is 11.8. The van der Waals surface area contributed by atoms with Crippen LogP contribution in [-0.2, 0) is 4.79 Å². The maximum absolute atomic E-state index is 11.8. The lowest BCUT2D eigenvalue weighted by Gasteiger charge is -2.21. The number of carbonyl (C=O) groups is 1. The lowest BCUT2D eigenvalue weighted by molar-refractivity contribution is -0.130. The van der Waals surface area contributed by atoms with Crippen molar-refractivity contribution in [2.24, 2.45) is 5.92 Å². The third kappa shape index (κ3) is 4.52. The molecular weight excluding hydrogens is 200 g/mol. The molecular formula is C13H26N2O. The smallest absolute Gasteiger partial charge is 0.222 e. The van der Waals surface area contributed by atoms with Crippen LogP contribution in [0.3, 0.4) is 0 Å². The van der Waals surface area contributed by atoms with Crippen LogP contribution in [0.25, 0.3) is 0 Å². The van der Waals surface area contributed by atoms with E-state index in [0.717, 1.165) is 38.8 Å². The van der Waals surface area contributed by atoms with Gasteiger partial charge in [0, 0.05) is 25.6 Å². The van der Waals surface area contributed by atoms with Crippen molar-refractivity contribution in [2.45, 2.75) is 52.0 Å². The molecule has 94 valence electrons. The molecule has 0 aliphatic carbocycles. The molecule has 3 nitrogen and oxygen atoms in total. The third-order valence-corrected chi connectivity index (χ3v) is 3.65. The van der Waals surface area contributed by atoms with Crippen LogP contribution in [0.1, 0.15) is 46.0 Å². The summed E-state index contributed by atoms with van der Waals surface area (Å²) in [6.07, 6.45) is 5.26. The summed E-state index contributed by atoms with van der Waals surface area (Å²) in [5, 5.41) is 3.23. The summed E-state index contributed by atoms with van der Waals surface area (Å²) in [6, 6.07) is 0.556. The van der Waals surface area contributed by atoms with Gasteiger partial charge in [0.15, 0.2) is 0 Å². The first-order valence-electron chi connectivity index (χ1n) is 6.58. The fourth-order valence-electron chi connectivity index (χ4n) is 2.14. The van der Waals surface area contributed by atoms with E-state index < -0.39 is 0 Å². The monoisotopic (exact) mass is 226 g/mol. The zero-order valence-electron chi connectivity index (χ0n) is 11.0. The largest absolute Gasteiger partial charge is 0.343 e. The molecule has 1 rings (SSSR count). The van der Waals surface area contributed by atoms with E-state index in [0.29, 0.717) is 17.9 Å². The number of hydrogen-bond donors (Lipinski definition) is 1. The van der Waals surface area contributed by atoms with Gasteiger partial charge in [-0.3, -0.25) is 4.79 Å². The third-order valence-electron chi connectivity index (χ3n) is 3.65. The lowest BCUT2D eigenvalue weighted by Crippen LogP contribution is -2.32. The van der Waals surface area contributed by atoms with Crippen LogP contribution in [0.15, 0.2) is 0 Å². The molecule has 2 atom stereocenters. The summed E-state index contributed by atoms with van der Waals surface area (Å²) in [7, 11) is 1.99. The zero-order valence-corrected chi connectivity index (χ0v) is 11.0. The summed E-state index contributed by atoms with van der Waals surface area (Å²) in [6.45, 7) is 6.34. The van der Waals surface area contributed by atoms with Gasteiger partial charge in [-0.15, -0.1) is 0 Å². The summed E-state index contributed by atoms with van der Waals surface area (Å²) >= 11 is 0. The molecule has 0 aromatic heterocycles. The number of likely N-dealkylation sites (tertiary alicyclic amines) is 1. The fourth-order valence-corrected chi connectivity index (χ4v) is 2.14. The van der Waals surface area contributed by atoms with Gasteiger partial charge in [0.25, 0.3) is 0 Å². The van der Waals surface area contributed by atoms with Crippen LogP contribution in [0.5, 0.6) is 0 Å². The fraction of sp³-hybridized carbons (Fsp3) is 0.923. The van der Waals surface area contributed by atoms with Crippen molar-refractivity contribution >= 4 is 5.91 Å². The molecule has 2 unspecified atom stereocenters. The van der Waals surface area contributed by atoms with Crippen LogP contribution in [0, 0.1) is 5.92 Å². The Kier molecular flexibility index (Phi) is 5.81. The van der Waals surface area contributed by atoms with Gasteiger partial charge in [-0.05, 0) is 45.6 Å². The molecule has 0 spiro atoms. The molecule has 1 aliphatic heterocycles. The Morgan fingerprint density at radius 2 is 2.25 bits per heavy atom. The molecule has 1 saturated heterocycles. The highest BCUT2D eigenvalue weighted by molar-refractivity contribution is 5.76. The van der Waals surface area contributed by atoms with Gasteiger partial charge >= 0.3 is 0 Å². The minimum Gasteiger partial charge on any atom is -0.343 e. The van der Waals surface area contributed by atoms with Crippen molar-refractivity contribution in [3.05, 3.63) is 0 Å². The number of carbonyl (C=O) groups excluding carboxylic acids is 1. The van der Waals surface area contributed by atoms with E-state index in [1.54, 1.807) is 0 Å². The number of nitrogens with one attached hydrogen (secondary N) is 1. The highest BCUT2D eigenvalue weighted by Crippen LogP contribution is 2.17. The molecule has 0 aromatic rings. The first-order chi connectivity index (χ1) is 7.63. The molecule has 16 heavy (non-hydrogen) atoms. The molecule has 1 amide bonds. The SMILES string of the molecule is CNC(C)CCCN1CCC(C)CCC1=O. The van der Waals surface area contributed by atoms with E-state index in [-0.39, 0.29) is 0 Å². The van der Waals surface area contributed by atoms with Gasteiger partial charge in [-0.2, -0.15) is 0 Å². The minimum absolute atomic E-state index is 0.362. The van der Waals surface area contributed by atoms with E-state index in [1.165, 1.54) is 6.42 Å². The van der Waals surface area contributed by atoms with Crippen LogP contribution in [-0.4, -0.2) is 37.0 Å². The van der Waals surface area contributed by atoms with E-state index in [4.69, 9.17) is 0 Å². The second-order valence-corrected chi connectivity index (χ2v) is 5.15. The van der Waals surface area contributed by atoms with Gasteiger partial charge in [0.1, 0.15) is 0 Å². The lowest BCUT2D eigenvalue weighted by atomic mass is 10.0.